The number of anilines is 1. The van der Waals surface area contributed by atoms with Crippen LogP contribution >= 0.6 is 0 Å². The van der Waals surface area contributed by atoms with Crippen molar-refractivity contribution in [3.8, 4) is 17.2 Å². The van der Waals surface area contributed by atoms with Crippen molar-refractivity contribution < 1.29 is 0 Å². The summed E-state index contributed by atoms with van der Waals surface area (Å²) in [5, 5.41) is 10.0. The number of para-hydroxylation sites is 1. The zero-order valence-corrected chi connectivity index (χ0v) is 25.1. The molecule has 0 amide bonds. The second-order valence-electron chi connectivity index (χ2n) is 11.1. The van der Waals surface area contributed by atoms with Crippen LogP contribution in [0.4, 0.5) is 5.69 Å². The predicted octanol–water partition coefficient (Wildman–Crippen LogP) is 5.95. The van der Waals surface area contributed by atoms with Crippen LogP contribution in [0.25, 0.3) is 28.1 Å². The minimum atomic E-state index is -2.65. The zero-order valence-electron chi connectivity index (χ0n) is 24.1. The van der Waals surface area contributed by atoms with Crippen molar-refractivity contribution in [1.29, 1.82) is 0 Å². The second kappa shape index (κ2) is 11.0. The lowest BCUT2D eigenvalue weighted by Gasteiger charge is -2.34. The number of allylic oxidation sites excluding steroid dienone is 1. The summed E-state index contributed by atoms with van der Waals surface area (Å²) in [7, 11) is -2.65. The number of benzene rings is 5. The Bertz CT molecular complexity index is 2020. The summed E-state index contributed by atoms with van der Waals surface area (Å²) in [5.41, 5.74) is 5.38. The molecule has 0 spiro atoms. The molecule has 3 heterocycles. The first-order valence-electron chi connectivity index (χ1n) is 15.0. The lowest BCUT2D eigenvalue weighted by molar-refractivity contribution is 0.906. The molecular formula is C39H30N4Si. The van der Waals surface area contributed by atoms with E-state index in [0.29, 0.717) is 5.95 Å². The highest BCUT2D eigenvalue weighted by molar-refractivity contribution is 7.19. The molecule has 0 fully saturated rings. The zero-order chi connectivity index (χ0) is 29.3. The fraction of sp³-hybridized carbons (Fsp3) is 0.0256. The Kier molecular flexibility index (Phi) is 6.50. The van der Waals surface area contributed by atoms with Gasteiger partial charge in [-0.2, -0.15) is 0 Å². The highest BCUT2D eigenvalue weighted by Gasteiger charge is 2.41. The lowest BCUT2D eigenvalue weighted by Crippen LogP contribution is -2.74. The Morgan fingerprint density at radius 3 is 1.91 bits per heavy atom. The Hall–Kier alpha value is -5.52. The van der Waals surface area contributed by atoms with Crippen molar-refractivity contribution >= 4 is 45.4 Å². The quantitative estimate of drug-likeness (QED) is 0.195. The number of nitrogens with zero attached hydrogens (tertiary/aromatic N) is 3. The van der Waals surface area contributed by atoms with Crippen LogP contribution in [-0.4, -0.2) is 22.6 Å². The number of hydrogen-bond donors (Lipinski definition) is 1. The van der Waals surface area contributed by atoms with E-state index in [-0.39, 0.29) is 0 Å². The Morgan fingerprint density at radius 2 is 1.23 bits per heavy atom. The maximum absolute atomic E-state index is 5.20. The Labute approximate surface area is 258 Å². The van der Waals surface area contributed by atoms with Gasteiger partial charge in [0, 0.05) is 23.6 Å². The smallest absolute Gasteiger partial charge is 0.234 e. The van der Waals surface area contributed by atoms with Crippen LogP contribution < -0.4 is 26.1 Å². The monoisotopic (exact) mass is 582 g/mol. The van der Waals surface area contributed by atoms with Crippen LogP contribution in [0.3, 0.4) is 0 Å². The lowest BCUT2D eigenvalue weighted by atomic mass is 10.1. The summed E-state index contributed by atoms with van der Waals surface area (Å²) in [5.74, 6) is 0.681. The normalized spacial score (nSPS) is 12.5. The molecule has 2 aromatic heterocycles. The molecule has 1 aliphatic rings. The molecule has 210 valence electrons. The van der Waals surface area contributed by atoms with Gasteiger partial charge in [0.15, 0.2) is 8.07 Å². The first-order valence-corrected chi connectivity index (χ1v) is 17.0. The SMILES string of the molecule is C1=CNc2c(n(-c3nccc(-c4cccc([Si](c5ccccc5)(c5ccccc5)c5ccccc5)c4)n3)c3ccccc23)C1. The van der Waals surface area contributed by atoms with Gasteiger partial charge in [-0.15, -0.1) is 0 Å². The fourth-order valence-corrected chi connectivity index (χ4v) is 11.6. The topological polar surface area (TPSA) is 42.7 Å². The molecule has 1 N–H and O–H groups in total. The third-order valence-electron chi connectivity index (χ3n) is 8.68. The largest absolute Gasteiger partial charge is 0.360 e. The average molecular weight is 583 g/mol. The highest BCUT2D eigenvalue weighted by atomic mass is 28.3. The van der Waals surface area contributed by atoms with Gasteiger partial charge in [0.2, 0.25) is 5.95 Å². The van der Waals surface area contributed by atoms with Crippen molar-refractivity contribution in [2.45, 2.75) is 6.42 Å². The van der Waals surface area contributed by atoms with Crippen molar-refractivity contribution in [1.82, 2.24) is 14.5 Å². The molecule has 0 saturated carbocycles. The molecule has 5 heteroatoms. The standard InChI is InChI=1S/C39H30N4Si/c1-4-15-30(16-5-1)44(31-17-6-2-7-18-31,32-19-8-3-9-20-32)33-21-12-14-29(28-33)35-25-27-41-39(42-35)43-36-23-11-10-22-34(36)38-37(43)24-13-26-40-38/h1-23,25-28,40H,24H2. The van der Waals surface area contributed by atoms with Gasteiger partial charge in [-0.3, -0.25) is 4.57 Å². The van der Waals surface area contributed by atoms with Gasteiger partial charge in [0.25, 0.3) is 0 Å². The van der Waals surface area contributed by atoms with Gasteiger partial charge in [-0.05, 0) is 39.1 Å². The third kappa shape index (κ3) is 4.21. The van der Waals surface area contributed by atoms with Gasteiger partial charge in [-0.1, -0.05) is 140 Å². The van der Waals surface area contributed by atoms with E-state index in [1.165, 1.54) is 31.8 Å². The molecule has 0 atom stereocenters. The number of hydrogen-bond acceptors (Lipinski definition) is 3. The summed E-state index contributed by atoms with van der Waals surface area (Å²) < 4.78 is 2.20. The molecule has 5 aromatic carbocycles. The van der Waals surface area contributed by atoms with Gasteiger partial charge >= 0.3 is 0 Å². The van der Waals surface area contributed by atoms with E-state index >= 15 is 0 Å². The summed E-state index contributed by atoms with van der Waals surface area (Å²) in [6.45, 7) is 0. The number of aromatic nitrogens is 3. The van der Waals surface area contributed by atoms with Crippen molar-refractivity contribution in [3.05, 3.63) is 170 Å². The molecule has 44 heavy (non-hydrogen) atoms. The maximum Gasteiger partial charge on any atom is 0.234 e. The van der Waals surface area contributed by atoms with Gasteiger partial charge < -0.3 is 5.32 Å². The van der Waals surface area contributed by atoms with E-state index in [1.54, 1.807) is 0 Å². The molecule has 0 unspecified atom stereocenters. The van der Waals surface area contributed by atoms with Gasteiger partial charge in [0.05, 0.1) is 22.6 Å². The predicted molar refractivity (Wildman–Crippen MR) is 184 cm³/mol. The number of fused-ring (bicyclic) bond motifs is 3. The van der Waals surface area contributed by atoms with Crippen molar-refractivity contribution in [3.63, 3.8) is 0 Å². The molecule has 4 nitrogen and oxygen atoms in total. The van der Waals surface area contributed by atoms with Crippen molar-refractivity contribution in [2.24, 2.45) is 0 Å². The van der Waals surface area contributed by atoms with E-state index in [1.807, 2.05) is 18.5 Å². The second-order valence-corrected chi connectivity index (χ2v) is 14.9. The van der Waals surface area contributed by atoms with Crippen LogP contribution in [0.1, 0.15) is 5.69 Å². The first-order chi connectivity index (χ1) is 21.8. The molecule has 8 rings (SSSR count). The molecule has 7 aromatic rings. The van der Waals surface area contributed by atoms with E-state index in [9.17, 15) is 0 Å². The summed E-state index contributed by atoms with van der Waals surface area (Å²) >= 11 is 0. The maximum atomic E-state index is 5.20. The Balaban J connectivity index is 1.33. The molecule has 0 bridgehead atoms. The van der Waals surface area contributed by atoms with E-state index < -0.39 is 8.07 Å². The van der Waals surface area contributed by atoms with Crippen LogP contribution in [0.15, 0.2) is 164 Å². The highest BCUT2D eigenvalue weighted by Crippen LogP contribution is 2.35. The third-order valence-corrected chi connectivity index (χ3v) is 13.5. The van der Waals surface area contributed by atoms with Crippen LogP contribution in [-0.2, 0) is 6.42 Å². The van der Waals surface area contributed by atoms with E-state index in [0.717, 1.165) is 28.9 Å². The minimum Gasteiger partial charge on any atom is -0.360 e. The molecule has 0 saturated heterocycles. The summed E-state index contributed by atoms with van der Waals surface area (Å²) in [4.78, 5) is 9.99. The van der Waals surface area contributed by atoms with E-state index in [2.05, 4.69) is 155 Å². The molecule has 0 aliphatic carbocycles. The fourth-order valence-electron chi connectivity index (χ4n) is 6.78. The Morgan fingerprint density at radius 1 is 0.614 bits per heavy atom. The van der Waals surface area contributed by atoms with Crippen LogP contribution in [0.2, 0.25) is 0 Å². The summed E-state index contributed by atoms with van der Waals surface area (Å²) in [6.07, 6.45) is 6.86. The van der Waals surface area contributed by atoms with E-state index in [4.69, 9.17) is 9.97 Å². The van der Waals surface area contributed by atoms with Gasteiger partial charge in [-0.25, -0.2) is 9.97 Å². The number of nitrogens with one attached hydrogen (secondary N) is 1. The van der Waals surface area contributed by atoms with Gasteiger partial charge in [0.1, 0.15) is 0 Å². The average Bonchev–Trinajstić information content (AvgIpc) is 3.45. The summed E-state index contributed by atoms with van der Waals surface area (Å²) in [6, 6.07) is 52.6. The van der Waals surface area contributed by atoms with Crippen LogP contribution in [0.5, 0.6) is 0 Å². The first kappa shape index (κ1) is 26.1. The number of rotatable bonds is 6. The molecular weight excluding hydrogens is 553 g/mol. The van der Waals surface area contributed by atoms with Crippen molar-refractivity contribution in [2.75, 3.05) is 5.32 Å². The minimum absolute atomic E-state index is 0.681. The van der Waals surface area contributed by atoms with Crippen LogP contribution in [0, 0.1) is 0 Å². The molecule has 1 aliphatic heterocycles. The molecule has 0 radical (unpaired) electrons.